The van der Waals surface area contributed by atoms with Crippen molar-refractivity contribution in [1.29, 1.82) is 0 Å². The Morgan fingerprint density at radius 2 is 1.50 bits per heavy atom. The second kappa shape index (κ2) is 7.38. The van der Waals surface area contributed by atoms with Crippen LogP contribution in [-0.4, -0.2) is 23.6 Å². The predicted octanol–water partition coefficient (Wildman–Crippen LogP) is 3.90. The van der Waals surface area contributed by atoms with Gasteiger partial charge in [-0.3, -0.25) is 14.9 Å². The van der Waals surface area contributed by atoms with Gasteiger partial charge in [0.05, 0.1) is 10.5 Å². The fourth-order valence-electron chi connectivity index (χ4n) is 3.77. The third-order valence-corrected chi connectivity index (χ3v) is 6.99. The molecule has 3 aromatic carbocycles. The van der Waals surface area contributed by atoms with Gasteiger partial charge in [0, 0.05) is 10.5 Å². The van der Waals surface area contributed by atoms with Gasteiger partial charge < -0.3 is 0 Å². The van der Waals surface area contributed by atoms with E-state index in [0.717, 1.165) is 5.56 Å². The van der Waals surface area contributed by atoms with E-state index in [2.05, 4.69) is 0 Å². The molecule has 0 aromatic heterocycles. The molecule has 4 rings (SSSR count). The van der Waals surface area contributed by atoms with Crippen LogP contribution in [0.2, 0.25) is 0 Å². The highest BCUT2D eigenvalue weighted by Gasteiger charge is 2.52. The molecule has 8 heteroatoms. The smallest absolute Gasteiger partial charge is 0.268 e. The SMILES string of the molecule is Cc1ccc(S(=O)(=O)N2C(=O)c3ccccc3[C@H]([N+](=O)[O-])[C@H]2c2ccccc2)cc1. The minimum atomic E-state index is -4.36. The summed E-state index contributed by atoms with van der Waals surface area (Å²) in [5.41, 5.74) is 1.45. The Hall–Kier alpha value is -3.52. The molecule has 0 saturated heterocycles. The average Bonchev–Trinajstić information content (AvgIpc) is 2.74. The first-order chi connectivity index (χ1) is 14.3. The first-order valence-electron chi connectivity index (χ1n) is 9.25. The van der Waals surface area contributed by atoms with E-state index in [1.165, 1.54) is 24.3 Å². The van der Waals surface area contributed by atoms with E-state index < -0.39 is 32.9 Å². The number of hydrogen-bond acceptors (Lipinski definition) is 5. The Kier molecular flexibility index (Phi) is 4.87. The molecular formula is C22H18N2O5S. The van der Waals surface area contributed by atoms with Crippen LogP contribution in [0.3, 0.4) is 0 Å². The summed E-state index contributed by atoms with van der Waals surface area (Å²) < 4.78 is 27.8. The molecular weight excluding hydrogens is 404 g/mol. The molecule has 1 aliphatic heterocycles. The first-order valence-corrected chi connectivity index (χ1v) is 10.7. The number of carbonyl (C=O) groups excluding carboxylic acids is 1. The van der Waals surface area contributed by atoms with Crippen LogP contribution in [0.5, 0.6) is 0 Å². The average molecular weight is 422 g/mol. The minimum Gasteiger partial charge on any atom is -0.268 e. The quantitative estimate of drug-likeness (QED) is 0.469. The van der Waals surface area contributed by atoms with Crippen LogP contribution < -0.4 is 0 Å². The minimum absolute atomic E-state index is 0.0158. The zero-order valence-electron chi connectivity index (χ0n) is 16.0. The number of carbonyl (C=O) groups is 1. The third-order valence-electron chi connectivity index (χ3n) is 5.21. The van der Waals surface area contributed by atoms with Crippen LogP contribution in [0.15, 0.2) is 83.8 Å². The number of amides is 1. The van der Waals surface area contributed by atoms with Crippen LogP contribution in [0.25, 0.3) is 0 Å². The van der Waals surface area contributed by atoms with Gasteiger partial charge >= 0.3 is 0 Å². The number of fused-ring (bicyclic) bond motifs is 1. The van der Waals surface area contributed by atoms with E-state index in [0.29, 0.717) is 9.87 Å². The third kappa shape index (κ3) is 3.15. The first kappa shape index (κ1) is 19.8. The van der Waals surface area contributed by atoms with Crippen molar-refractivity contribution >= 4 is 15.9 Å². The van der Waals surface area contributed by atoms with E-state index in [-0.39, 0.29) is 16.0 Å². The fourth-order valence-corrected chi connectivity index (χ4v) is 5.33. The number of nitrogens with zero attached hydrogens (tertiary/aromatic N) is 2. The molecule has 3 aromatic rings. The van der Waals surface area contributed by atoms with Crippen LogP contribution in [-0.2, 0) is 10.0 Å². The van der Waals surface area contributed by atoms with Crippen molar-refractivity contribution in [3.63, 3.8) is 0 Å². The molecule has 1 heterocycles. The summed E-state index contributed by atoms with van der Waals surface area (Å²) in [5, 5.41) is 12.1. The van der Waals surface area contributed by atoms with Gasteiger partial charge in [-0.15, -0.1) is 0 Å². The monoisotopic (exact) mass is 422 g/mol. The van der Waals surface area contributed by atoms with E-state index in [4.69, 9.17) is 0 Å². The number of sulfonamides is 1. The lowest BCUT2D eigenvalue weighted by atomic mass is 9.87. The fraction of sp³-hybridized carbons (Fsp3) is 0.136. The van der Waals surface area contributed by atoms with Crippen molar-refractivity contribution in [2.24, 2.45) is 0 Å². The molecule has 0 fully saturated rings. The van der Waals surface area contributed by atoms with Gasteiger partial charge in [0.15, 0.2) is 0 Å². The molecule has 0 radical (unpaired) electrons. The van der Waals surface area contributed by atoms with Crippen LogP contribution >= 0.6 is 0 Å². The maximum atomic E-state index is 13.6. The topological polar surface area (TPSA) is 97.6 Å². The Bertz CT molecular complexity index is 1220. The van der Waals surface area contributed by atoms with E-state index >= 15 is 0 Å². The van der Waals surface area contributed by atoms with Crippen molar-refractivity contribution in [2.45, 2.75) is 23.9 Å². The van der Waals surface area contributed by atoms with E-state index in [1.807, 2.05) is 6.92 Å². The summed E-state index contributed by atoms with van der Waals surface area (Å²) in [6, 6.07) is 17.7. The molecule has 0 aliphatic carbocycles. The maximum Gasteiger partial charge on any atom is 0.269 e. The van der Waals surface area contributed by atoms with Gasteiger partial charge in [-0.2, -0.15) is 0 Å². The highest BCUT2D eigenvalue weighted by Crippen LogP contribution is 2.45. The molecule has 7 nitrogen and oxygen atoms in total. The lowest BCUT2D eigenvalue weighted by Crippen LogP contribution is -2.47. The lowest BCUT2D eigenvalue weighted by Gasteiger charge is -2.37. The summed E-state index contributed by atoms with van der Waals surface area (Å²) >= 11 is 0. The van der Waals surface area contributed by atoms with Crippen molar-refractivity contribution < 1.29 is 18.1 Å². The molecule has 1 amide bonds. The molecule has 1 aliphatic rings. The number of aryl methyl sites for hydroxylation is 1. The van der Waals surface area contributed by atoms with E-state index in [9.17, 15) is 23.3 Å². The zero-order valence-corrected chi connectivity index (χ0v) is 16.8. The van der Waals surface area contributed by atoms with Gasteiger partial charge in [-0.25, -0.2) is 12.7 Å². The summed E-state index contributed by atoms with van der Waals surface area (Å²) in [4.78, 5) is 24.9. The number of nitro groups is 1. The highest BCUT2D eigenvalue weighted by atomic mass is 32.2. The number of benzene rings is 3. The summed E-state index contributed by atoms with van der Waals surface area (Å²) in [6.45, 7) is 1.81. The van der Waals surface area contributed by atoms with Crippen LogP contribution in [0.4, 0.5) is 0 Å². The van der Waals surface area contributed by atoms with Crippen molar-refractivity contribution in [1.82, 2.24) is 4.31 Å². The van der Waals surface area contributed by atoms with E-state index in [1.54, 1.807) is 54.6 Å². The van der Waals surface area contributed by atoms with Gasteiger partial charge in [-0.1, -0.05) is 66.2 Å². The standard InChI is InChI=1S/C22H18N2O5S/c1-15-11-13-17(14-12-15)30(28,29)23-20(16-7-3-2-4-8-16)21(24(26)27)18-9-5-6-10-19(18)22(23)25/h2-14,20-21H,1H3/t20-,21+/m1/s1. The Balaban J connectivity index is 2.00. The van der Waals surface area contributed by atoms with Gasteiger partial charge in [0.1, 0.15) is 6.04 Å². The molecule has 0 saturated carbocycles. The number of rotatable bonds is 4. The Morgan fingerprint density at radius 3 is 2.13 bits per heavy atom. The van der Waals surface area contributed by atoms with Gasteiger partial charge in [-0.05, 0) is 30.7 Å². The van der Waals surface area contributed by atoms with Gasteiger partial charge in [0.25, 0.3) is 22.0 Å². The molecule has 0 bridgehead atoms. The molecule has 30 heavy (non-hydrogen) atoms. The van der Waals surface area contributed by atoms with Crippen molar-refractivity contribution in [2.75, 3.05) is 0 Å². The molecule has 0 unspecified atom stereocenters. The molecule has 0 N–H and O–H groups in total. The predicted molar refractivity (Wildman–Crippen MR) is 110 cm³/mol. The summed E-state index contributed by atoms with van der Waals surface area (Å²) in [6.07, 6.45) is 0. The summed E-state index contributed by atoms with van der Waals surface area (Å²) in [7, 11) is -4.36. The molecule has 152 valence electrons. The number of hydrogen-bond donors (Lipinski definition) is 0. The van der Waals surface area contributed by atoms with Crippen molar-refractivity contribution in [3.8, 4) is 0 Å². The second-order valence-electron chi connectivity index (χ2n) is 7.09. The summed E-state index contributed by atoms with van der Waals surface area (Å²) in [5.74, 6) is -0.780. The molecule has 0 spiro atoms. The van der Waals surface area contributed by atoms with Gasteiger partial charge in [0.2, 0.25) is 0 Å². The Labute approximate surface area is 173 Å². The Morgan fingerprint density at radius 1 is 0.900 bits per heavy atom. The highest BCUT2D eigenvalue weighted by molar-refractivity contribution is 7.89. The zero-order chi connectivity index (χ0) is 21.5. The molecule has 2 atom stereocenters. The second-order valence-corrected chi connectivity index (χ2v) is 8.91. The lowest BCUT2D eigenvalue weighted by molar-refractivity contribution is -0.537. The normalized spacial score (nSPS) is 18.7. The maximum absolute atomic E-state index is 13.6. The largest absolute Gasteiger partial charge is 0.269 e. The van der Waals surface area contributed by atoms with Crippen LogP contribution in [0.1, 0.15) is 39.1 Å². The van der Waals surface area contributed by atoms with Crippen LogP contribution in [0, 0.1) is 17.0 Å². The van der Waals surface area contributed by atoms with Crippen molar-refractivity contribution in [3.05, 3.63) is 111 Å².